The van der Waals surface area contributed by atoms with E-state index in [0.29, 0.717) is 0 Å². The van der Waals surface area contributed by atoms with Crippen molar-refractivity contribution in [3.63, 3.8) is 0 Å². The molecule has 0 saturated heterocycles. The molecule has 0 saturated carbocycles. The molecule has 13 heavy (non-hydrogen) atoms. The van der Waals surface area contributed by atoms with Gasteiger partial charge in [-0.2, -0.15) is 0 Å². The molecule has 7 nitrogen and oxygen atoms in total. The van der Waals surface area contributed by atoms with Crippen molar-refractivity contribution in [2.24, 2.45) is 10.7 Å². The van der Waals surface area contributed by atoms with Crippen LogP contribution in [0.4, 0.5) is 0 Å². The molecule has 2 atom stereocenters. The number of hydrogen-bond donors (Lipinski definition) is 3. The van der Waals surface area contributed by atoms with Gasteiger partial charge >= 0.3 is 13.5 Å². The normalized spacial score (nSPS) is 17.4. The predicted molar refractivity (Wildman–Crippen MR) is 45.3 cm³/mol. The van der Waals surface area contributed by atoms with E-state index in [2.05, 4.69) is 0 Å². The van der Waals surface area contributed by atoms with Crippen LogP contribution in [0.2, 0.25) is 0 Å². The average molecular weight is 210 g/mol. The van der Waals surface area contributed by atoms with Gasteiger partial charge in [0.2, 0.25) is 0 Å². The van der Waals surface area contributed by atoms with Crippen LogP contribution in [0.15, 0.2) is 4.95 Å². The van der Waals surface area contributed by atoms with Gasteiger partial charge in [-0.15, -0.1) is 4.91 Å². The van der Waals surface area contributed by atoms with Crippen LogP contribution in [0.1, 0.15) is 12.8 Å². The van der Waals surface area contributed by atoms with E-state index in [1.807, 2.05) is 4.95 Å². The molecule has 0 aliphatic carbocycles. The fraction of sp³-hybridized carbons (Fsp3) is 0.800. The molecule has 1 unspecified atom stereocenters. The Morgan fingerprint density at radius 1 is 1.62 bits per heavy atom. The Balaban J connectivity index is 3.74. The van der Waals surface area contributed by atoms with Crippen molar-refractivity contribution in [3.05, 3.63) is 4.91 Å². The molecule has 76 valence electrons. The van der Waals surface area contributed by atoms with Crippen LogP contribution in [-0.4, -0.2) is 28.2 Å². The van der Waals surface area contributed by atoms with E-state index in [-0.39, 0.29) is 19.0 Å². The Labute approximate surface area is 74.4 Å². The summed E-state index contributed by atoms with van der Waals surface area (Å²) >= 11 is 0. The standard InChI is InChI=1S/C5H11N2O5P/c6-4(5(8)9)2-1-3-13(11,12)7-10/h4H,1-3,6H2,(H,8,9)(H,11,12)/t4-/m1/s1. The summed E-state index contributed by atoms with van der Waals surface area (Å²) in [6.45, 7) is 0. The number of nitrogens with two attached hydrogens (primary N) is 1. The summed E-state index contributed by atoms with van der Waals surface area (Å²) in [6, 6.07) is -1.06. The molecule has 8 heteroatoms. The Bertz CT molecular complexity index is 243. The van der Waals surface area contributed by atoms with Gasteiger partial charge in [-0.1, -0.05) is 0 Å². The highest BCUT2D eigenvalue weighted by Crippen LogP contribution is 2.42. The SMILES string of the molecule is N[C@H](CCCP(=O)(O)N=O)C(=O)O. The van der Waals surface area contributed by atoms with E-state index in [1.165, 1.54) is 0 Å². The van der Waals surface area contributed by atoms with Gasteiger partial charge in [0.25, 0.3) is 0 Å². The molecule has 0 amide bonds. The third-order valence-corrected chi connectivity index (χ3v) is 2.56. The first-order chi connectivity index (χ1) is 5.89. The molecular weight excluding hydrogens is 199 g/mol. The zero-order valence-electron chi connectivity index (χ0n) is 6.79. The van der Waals surface area contributed by atoms with Gasteiger partial charge in [0.1, 0.15) is 6.04 Å². The smallest absolute Gasteiger partial charge is 0.350 e. The van der Waals surface area contributed by atoms with E-state index >= 15 is 0 Å². The van der Waals surface area contributed by atoms with Crippen molar-refractivity contribution >= 4 is 13.5 Å². The van der Waals surface area contributed by atoms with Crippen molar-refractivity contribution in [2.75, 3.05) is 6.16 Å². The van der Waals surface area contributed by atoms with E-state index < -0.39 is 19.5 Å². The molecule has 0 heterocycles. The topological polar surface area (TPSA) is 130 Å². The number of carboxylic acids is 1. The number of hydrogen-bond acceptors (Lipinski definition) is 4. The number of aliphatic carboxylic acids is 1. The highest BCUT2D eigenvalue weighted by atomic mass is 31.2. The van der Waals surface area contributed by atoms with Crippen molar-refractivity contribution in [2.45, 2.75) is 18.9 Å². The highest BCUT2D eigenvalue weighted by molar-refractivity contribution is 7.56. The lowest BCUT2D eigenvalue weighted by atomic mass is 10.2. The fourth-order valence-corrected chi connectivity index (χ4v) is 1.36. The summed E-state index contributed by atoms with van der Waals surface area (Å²) in [7, 11) is -3.94. The molecule has 4 N–H and O–H groups in total. The van der Waals surface area contributed by atoms with Crippen LogP contribution in [-0.2, 0) is 9.36 Å². The average Bonchev–Trinajstić information content (AvgIpc) is 2.04. The van der Waals surface area contributed by atoms with Crippen LogP contribution >= 0.6 is 7.52 Å². The highest BCUT2D eigenvalue weighted by Gasteiger charge is 2.19. The lowest BCUT2D eigenvalue weighted by Gasteiger charge is -2.05. The maximum Gasteiger partial charge on any atom is 0.350 e. The summed E-state index contributed by atoms with van der Waals surface area (Å²) in [5.74, 6) is -1.17. The van der Waals surface area contributed by atoms with E-state index in [1.54, 1.807) is 0 Å². The molecule has 0 aromatic rings. The van der Waals surface area contributed by atoms with Crippen LogP contribution in [0.5, 0.6) is 0 Å². The summed E-state index contributed by atoms with van der Waals surface area (Å²) in [5.41, 5.74) is 5.11. The number of nitroso groups, excluding NO2 is 1. The molecule has 0 aliphatic heterocycles. The molecule has 0 bridgehead atoms. The zero-order valence-corrected chi connectivity index (χ0v) is 7.68. The first-order valence-electron chi connectivity index (χ1n) is 3.54. The van der Waals surface area contributed by atoms with Crippen molar-refractivity contribution < 1.29 is 19.4 Å². The third-order valence-electron chi connectivity index (χ3n) is 1.41. The molecule has 0 fully saturated rings. The lowest BCUT2D eigenvalue weighted by molar-refractivity contribution is -0.138. The number of nitrogens with zero attached hydrogens (tertiary/aromatic N) is 1. The van der Waals surface area contributed by atoms with E-state index in [9.17, 15) is 14.3 Å². The quantitative estimate of drug-likeness (QED) is 0.422. The van der Waals surface area contributed by atoms with E-state index in [4.69, 9.17) is 15.7 Å². The predicted octanol–water partition coefficient (Wildman–Crippen LogP) is 0.130. The minimum absolute atomic E-state index is 0.0510. The summed E-state index contributed by atoms with van der Waals surface area (Å²) in [6.07, 6.45) is -0.181. The van der Waals surface area contributed by atoms with E-state index in [0.717, 1.165) is 0 Å². The van der Waals surface area contributed by atoms with Gasteiger partial charge in [0, 0.05) is 11.1 Å². The second-order valence-electron chi connectivity index (χ2n) is 2.56. The van der Waals surface area contributed by atoms with Gasteiger partial charge in [-0.3, -0.25) is 9.36 Å². The fourth-order valence-electron chi connectivity index (χ4n) is 0.681. The first kappa shape index (κ1) is 12.2. The Morgan fingerprint density at radius 2 is 2.15 bits per heavy atom. The monoisotopic (exact) mass is 210 g/mol. The molecule has 0 aromatic carbocycles. The van der Waals surface area contributed by atoms with Gasteiger partial charge in [-0.25, -0.2) is 0 Å². The molecule has 0 aromatic heterocycles. The van der Waals surface area contributed by atoms with Crippen LogP contribution in [0.3, 0.4) is 0 Å². The molecular formula is C5H11N2O5P. The Hall–Kier alpha value is -0.780. The summed E-state index contributed by atoms with van der Waals surface area (Å²) in [5, 5.41) is 8.33. The van der Waals surface area contributed by atoms with Gasteiger partial charge in [0.15, 0.2) is 0 Å². The largest absolute Gasteiger partial charge is 0.480 e. The van der Waals surface area contributed by atoms with Crippen molar-refractivity contribution in [3.8, 4) is 0 Å². The molecule has 0 aliphatic rings. The van der Waals surface area contributed by atoms with Crippen LogP contribution in [0.25, 0.3) is 0 Å². The summed E-state index contributed by atoms with van der Waals surface area (Å²) < 4.78 is 10.6. The maximum atomic E-state index is 10.6. The summed E-state index contributed by atoms with van der Waals surface area (Å²) in [4.78, 5) is 30.6. The minimum Gasteiger partial charge on any atom is -0.480 e. The minimum atomic E-state index is -3.94. The number of carbonyl (C=O) groups is 1. The second kappa shape index (κ2) is 5.06. The van der Waals surface area contributed by atoms with Crippen molar-refractivity contribution in [1.29, 1.82) is 0 Å². The second-order valence-corrected chi connectivity index (χ2v) is 4.50. The third kappa shape index (κ3) is 5.46. The number of rotatable bonds is 6. The molecule has 0 rings (SSSR count). The van der Waals surface area contributed by atoms with Gasteiger partial charge in [0.05, 0.1) is 0 Å². The Kier molecular flexibility index (Phi) is 4.76. The first-order valence-corrected chi connectivity index (χ1v) is 5.34. The lowest BCUT2D eigenvalue weighted by Crippen LogP contribution is -2.29. The van der Waals surface area contributed by atoms with Crippen molar-refractivity contribution in [1.82, 2.24) is 0 Å². The van der Waals surface area contributed by atoms with Gasteiger partial charge in [-0.05, 0) is 12.8 Å². The number of carboxylic acid groups (broad SMARTS) is 1. The zero-order chi connectivity index (χ0) is 10.5. The molecule has 0 radical (unpaired) electrons. The molecule has 0 spiro atoms. The van der Waals surface area contributed by atoms with Crippen LogP contribution in [0, 0.1) is 4.91 Å². The maximum absolute atomic E-state index is 10.6. The van der Waals surface area contributed by atoms with Crippen LogP contribution < -0.4 is 5.73 Å². The Morgan fingerprint density at radius 3 is 2.54 bits per heavy atom. The van der Waals surface area contributed by atoms with Gasteiger partial charge < -0.3 is 15.7 Å².